The summed E-state index contributed by atoms with van der Waals surface area (Å²) in [5, 5.41) is 10.2. The van der Waals surface area contributed by atoms with Crippen LogP contribution in [0.3, 0.4) is 0 Å². The highest BCUT2D eigenvalue weighted by atomic mass is 32.2. The molecular formula is C12H17NO4S2. The van der Waals surface area contributed by atoms with Crippen molar-refractivity contribution in [2.45, 2.75) is 30.4 Å². The monoisotopic (exact) mass is 303 g/mol. The van der Waals surface area contributed by atoms with E-state index in [0.717, 1.165) is 30.6 Å². The highest BCUT2D eigenvalue weighted by Gasteiger charge is 2.28. The molecule has 5 nitrogen and oxygen atoms in total. The molecule has 106 valence electrons. The molecule has 0 radical (unpaired) electrons. The van der Waals surface area contributed by atoms with Crippen molar-refractivity contribution in [2.75, 3.05) is 13.1 Å². The Morgan fingerprint density at radius 3 is 2.79 bits per heavy atom. The first-order chi connectivity index (χ1) is 8.91. The number of rotatable bonds is 3. The molecule has 7 heteroatoms. The standard InChI is InChI=1S/C12H17NO4S2/c1-9-3-2-5-13(6-4-9)19(16,17)11-7-10(8-18-11)12(14)15/h7-9H,2-6H2,1H3,(H,14,15). The van der Waals surface area contributed by atoms with Crippen LogP contribution in [-0.4, -0.2) is 36.9 Å². The molecule has 0 saturated carbocycles. The van der Waals surface area contributed by atoms with E-state index in [9.17, 15) is 13.2 Å². The molecule has 0 aromatic carbocycles. The molecule has 1 unspecified atom stereocenters. The summed E-state index contributed by atoms with van der Waals surface area (Å²) in [6, 6.07) is 1.25. The van der Waals surface area contributed by atoms with E-state index in [1.807, 2.05) is 0 Å². The number of carbonyl (C=O) groups is 1. The quantitative estimate of drug-likeness (QED) is 0.929. The van der Waals surface area contributed by atoms with Gasteiger partial charge in [-0.3, -0.25) is 0 Å². The van der Waals surface area contributed by atoms with Crippen molar-refractivity contribution in [1.29, 1.82) is 0 Å². The van der Waals surface area contributed by atoms with E-state index in [2.05, 4.69) is 6.92 Å². The fraction of sp³-hybridized carbons (Fsp3) is 0.583. The van der Waals surface area contributed by atoms with Crippen LogP contribution in [-0.2, 0) is 10.0 Å². The van der Waals surface area contributed by atoms with Gasteiger partial charge in [-0.05, 0) is 31.2 Å². The second kappa shape index (κ2) is 5.60. The molecule has 1 aromatic heterocycles. The maximum atomic E-state index is 12.4. The number of hydrogen-bond acceptors (Lipinski definition) is 4. The summed E-state index contributed by atoms with van der Waals surface area (Å²) in [6.07, 6.45) is 2.75. The predicted octanol–water partition coefficient (Wildman–Crippen LogP) is 2.26. The van der Waals surface area contributed by atoms with Gasteiger partial charge in [0.05, 0.1) is 5.56 Å². The van der Waals surface area contributed by atoms with Crippen LogP contribution in [0, 0.1) is 5.92 Å². The van der Waals surface area contributed by atoms with Crippen LogP contribution in [0.5, 0.6) is 0 Å². The van der Waals surface area contributed by atoms with Gasteiger partial charge in [0.1, 0.15) is 4.21 Å². The fourth-order valence-electron chi connectivity index (χ4n) is 2.17. The highest BCUT2D eigenvalue weighted by Crippen LogP contribution is 2.27. The molecule has 1 aliphatic heterocycles. The molecule has 2 heterocycles. The summed E-state index contributed by atoms with van der Waals surface area (Å²) in [6.45, 7) is 3.17. The van der Waals surface area contributed by atoms with E-state index < -0.39 is 16.0 Å². The van der Waals surface area contributed by atoms with Crippen molar-refractivity contribution in [3.05, 3.63) is 17.0 Å². The zero-order valence-corrected chi connectivity index (χ0v) is 12.3. The van der Waals surface area contributed by atoms with E-state index in [0.29, 0.717) is 19.0 Å². The largest absolute Gasteiger partial charge is 0.478 e. The summed E-state index contributed by atoms with van der Waals surface area (Å²) in [5.41, 5.74) is 0.0340. The minimum absolute atomic E-state index is 0.0340. The lowest BCUT2D eigenvalue weighted by Crippen LogP contribution is -2.31. The Labute approximate surface area is 116 Å². The molecule has 1 aliphatic rings. The van der Waals surface area contributed by atoms with Gasteiger partial charge in [0, 0.05) is 18.5 Å². The Morgan fingerprint density at radius 2 is 2.16 bits per heavy atom. The lowest BCUT2D eigenvalue weighted by molar-refractivity contribution is 0.0697. The molecular weight excluding hydrogens is 286 g/mol. The zero-order chi connectivity index (χ0) is 14.0. The summed E-state index contributed by atoms with van der Waals surface area (Å²) < 4.78 is 26.5. The summed E-state index contributed by atoms with van der Waals surface area (Å²) in [5.74, 6) is -0.555. The summed E-state index contributed by atoms with van der Waals surface area (Å²) in [7, 11) is -3.53. The molecule has 0 spiro atoms. The average molecular weight is 303 g/mol. The first-order valence-corrected chi connectivity index (χ1v) is 8.55. The smallest absolute Gasteiger partial charge is 0.336 e. The van der Waals surface area contributed by atoms with Crippen LogP contribution in [0.2, 0.25) is 0 Å². The molecule has 0 bridgehead atoms. The van der Waals surface area contributed by atoms with E-state index in [-0.39, 0.29) is 9.77 Å². The van der Waals surface area contributed by atoms with E-state index >= 15 is 0 Å². The number of carboxylic acids is 1. The van der Waals surface area contributed by atoms with Gasteiger partial charge in [0.25, 0.3) is 10.0 Å². The second-order valence-electron chi connectivity index (χ2n) is 4.90. The molecule has 0 aliphatic carbocycles. The van der Waals surface area contributed by atoms with Crippen LogP contribution in [0.25, 0.3) is 0 Å². The number of thiophene rings is 1. The first-order valence-electron chi connectivity index (χ1n) is 6.23. The minimum atomic E-state index is -3.53. The topological polar surface area (TPSA) is 74.7 Å². The van der Waals surface area contributed by atoms with E-state index in [1.54, 1.807) is 0 Å². The summed E-state index contributed by atoms with van der Waals surface area (Å²) in [4.78, 5) is 10.8. The average Bonchev–Trinajstić information content (AvgIpc) is 2.74. The number of hydrogen-bond donors (Lipinski definition) is 1. The zero-order valence-electron chi connectivity index (χ0n) is 10.7. The molecule has 1 aromatic rings. The van der Waals surface area contributed by atoms with E-state index in [4.69, 9.17) is 5.11 Å². The van der Waals surface area contributed by atoms with Crippen molar-refractivity contribution in [3.8, 4) is 0 Å². The highest BCUT2D eigenvalue weighted by molar-refractivity contribution is 7.91. The van der Waals surface area contributed by atoms with Crippen molar-refractivity contribution < 1.29 is 18.3 Å². The third kappa shape index (κ3) is 3.16. The summed E-state index contributed by atoms with van der Waals surface area (Å²) >= 11 is 0.976. The Hall–Kier alpha value is -0.920. The fourth-order valence-corrected chi connectivity index (χ4v) is 4.97. The van der Waals surface area contributed by atoms with Gasteiger partial charge in [0.15, 0.2) is 0 Å². The molecule has 2 rings (SSSR count). The predicted molar refractivity (Wildman–Crippen MR) is 73.1 cm³/mol. The Balaban J connectivity index is 2.23. The SMILES string of the molecule is CC1CCCN(S(=O)(=O)c2cc(C(=O)O)cs2)CC1. The minimum Gasteiger partial charge on any atom is -0.478 e. The van der Waals surface area contributed by atoms with E-state index in [1.165, 1.54) is 15.8 Å². The van der Waals surface area contributed by atoms with Crippen molar-refractivity contribution in [3.63, 3.8) is 0 Å². The maximum absolute atomic E-state index is 12.4. The molecule has 1 fully saturated rings. The van der Waals surface area contributed by atoms with Gasteiger partial charge < -0.3 is 5.11 Å². The number of carboxylic acid groups (broad SMARTS) is 1. The lowest BCUT2D eigenvalue weighted by Gasteiger charge is -2.18. The van der Waals surface area contributed by atoms with Gasteiger partial charge in [-0.15, -0.1) is 11.3 Å². The number of nitrogens with zero attached hydrogens (tertiary/aromatic N) is 1. The van der Waals surface area contributed by atoms with Crippen LogP contribution in [0.1, 0.15) is 36.5 Å². The lowest BCUT2D eigenvalue weighted by atomic mass is 10.0. The molecule has 1 atom stereocenters. The molecule has 0 amide bonds. The Bertz CT molecular complexity index is 564. The van der Waals surface area contributed by atoms with Crippen LogP contribution < -0.4 is 0 Å². The van der Waals surface area contributed by atoms with Gasteiger partial charge in [-0.2, -0.15) is 4.31 Å². The maximum Gasteiger partial charge on any atom is 0.336 e. The third-order valence-electron chi connectivity index (χ3n) is 3.39. The van der Waals surface area contributed by atoms with Crippen LogP contribution in [0.4, 0.5) is 0 Å². The third-order valence-corrected chi connectivity index (χ3v) is 6.71. The van der Waals surface area contributed by atoms with Gasteiger partial charge in [-0.1, -0.05) is 6.92 Å². The Morgan fingerprint density at radius 1 is 1.42 bits per heavy atom. The number of aromatic carboxylic acids is 1. The molecule has 1 N–H and O–H groups in total. The second-order valence-corrected chi connectivity index (χ2v) is 7.98. The van der Waals surface area contributed by atoms with Crippen molar-refractivity contribution in [1.82, 2.24) is 4.31 Å². The van der Waals surface area contributed by atoms with Gasteiger partial charge in [0.2, 0.25) is 0 Å². The number of sulfonamides is 1. The van der Waals surface area contributed by atoms with Gasteiger partial charge in [-0.25, -0.2) is 13.2 Å². The molecule has 19 heavy (non-hydrogen) atoms. The van der Waals surface area contributed by atoms with Crippen molar-refractivity contribution >= 4 is 27.3 Å². The van der Waals surface area contributed by atoms with Crippen LogP contribution >= 0.6 is 11.3 Å². The first kappa shape index (κ1) is 14.5. The Kier molecular flexibility index (Phi) is 4.27. The molecule has 1 saturated heterocycles. The van der Waals surface area contributed by atoms with Crippen LogP contribution in [0.15, 0.2) is 15.7 Å². The van der Waals surface area contributed by atoms with Crippen molar-refractivity contribution in [2.24, 2.45) is 5.92 Å². The normalized spacial score (nSPS) is 22.1. The van der Waals surface area contributed by atoms with Gasteiger partial charge >= 0.3 is 5.97 Å².